The zero-order valence-corrected chi connectivity index (χ0v) is 15.2. The van der Waals surface area contributed by atoms with Crippen molar-refractivity contribution in [1.82, 2.24) is 0 Å². The van der Waals surface area contributed by atoms with E-state index in [1.807, 2.05) is 62.4 Å². The summed E-state index contributed by atoms with van der Waals surface area (Å²) in [6.45, 7) is 4.01. The van der Waals surface area contributed by atoms with Gasteiger partial charge in [-0.15, -0.1) is 0 Å². The van der Waals surface area contributed by atoms with Crippen molar-refractivity contribution >= 4 is 11.5 Å². The molecule has 3 rings (SSSR count). The molecule has 0 N–H and O–H groups in total. The van der Waals surface area contributed by atoms with E-state index in [0.29, 0.717) is 11.5 Å². The number of allylic oxidation sites excluding steroid dienone is 2. The van der Waals surface area contributed by atoms with Crippen LogP contribution in [-0.2, 0) is 14.3 Å². The van der Waals surface area contributed by atoms with E-state index in [2.05, 4.69) is 24.3 Å². The predicted molar refractivity (Wildman–Crippen MR) is 103 cm³/mol. The van der Waals surface area contributed by atoms with E-state index in [-0.39, 0.29) is 5.41 Å². The number of methoxy groups -OCH3 is 1. The second-order valence-electron chi connectivity index (χ2n) is 6.69. The number of benzene rings is 2. The van der Waals surface area contributed by atoms with Gasteiger partial charge in [-0.2, -0.15) is 0 Å². The van der Waals surface area contributed by atoms with Gasteiger partial charge in [0.1, 0.15) is 11.5 Å². The molecule has 2 aromatic carbocycles. The predicted octanol–water partition coefficient (Wildman–Crippen LogP) is 5.12. The largest absolute Gasteiger partial charge is 0.466 e. The van der Waals surface area contributed by atoms with Gasteiger partial charge in [0, 0.05) is 5.41 Å². The molecule has 0 unspecified atom stereocenters. The van der Waals surface area contributed by atoms with Crippen LogP contribution in [-0.4, -0.2) is 13.1 Å². The van der Waals surface area contributed by atoms with Crippen LogP contribution in [0.1, 0.15) is 25.0 Å². The van der Waals surface area contributed by atoms with Gasteiger partial charge in [0.25, 0.3) is 0 Å². The Balaban J connectivity index is 2.02. The molecule has 0 aliphatic carbocycles. The number of carbonyl (C=O) groups excluding carboxylic acids is 1. The topological polar surface area (TPSA) is 35.5 Å². The lowest BCUT2D eigenvalue weighted by Gasteiger charge is -2.15. The summed E-state index contributed by atoms with van der Waals surface area (Å²) in [6, 6.07) is 20.4. The highest BCUT2D eigenvalue weighted by Gasteiger charge is 2.31. The minimum absolute atomic E-state index is 0.376. The maximum Gasteiger partial charge on any atom is 0.333 e. The molecule has 1 heterocycles. The molecule has 2 aromatic rings. The van der Waals surface area contributed by atoms with Crippen molar-refractivity contribution in [2.24, 2.45) is 5.41 Å². The summed E-state index contributed by atoms with van der Waals surface area (Å²) < 4.78 is 10.7. The van der Waals surface area contributed by atoms with E-state index >= 15 is 0 Å². The van der Waals surface area contributed by atoms with E-state index in [9.17, 15) is 4.79 Å². The average Bonchev–Trinajstić information content (AvgIpc) is 2.94. The molecule has 0 amide bonds. The maximum atomic E-state index is 11.6. The molecule has 132 valence electrons. The van der Waals surface area contributed by atoms with Crippen LogP contribution in [0.5, 0.6) is 0 Å². The number of carbonyl (C=O) groups is 1. The van der Waals surface area contributed by atoms with Crippen molar-refractivity contribution in [3.05, 3.63) is 102 Å². The Labute approximate surface area is 154 Å². The molecule has 0 atom stereocenters. The number of hydrogen-bond acceptors (Lipinski definition) is 3. The summed E-state index contributed by atoms with van der Waals surface area (Å²) in [5.74, 6) is 0.877. The average molecular weight is 346 g/mol. The summed E-state index contributed by atoms with van der Waals surface area (Å²) >= 11 is 0. The summed E-state index contributed by atoms with van der Waals surface area (Å²) in [6.07, 6.45) is 5.44. The zero-order valence-electron chi connectivity index (χ0n) is 15.2. The van der Waals surface area contributed by atoms with Crippen LogP contribution in [0.25, 0.3) is 5.57 Å². The standard InChI is InChI=1S/C23H22O3/c1-23(2)16-19(26-21(23)15-22(24)25-3)14-20(17-10-6-4-7-11-17)18-12-8-5-9-13-18/h4-16H,1-3H3/b21-15-. The molecule has 26 heavy (non-hydrogen) atoms. The first kappa shape index (κ1) is 17.7. The van der Waals surface area contributed by atoms with Crippen molar-refractivity contribution in [2.75, 3.05) is 7.11 Å². The molecule has 0 spiro atoms. The lowest BCUT2D eigenvalue weighted by Crippen LogP contribution is -2.10. The lowest BCUT2D eigenvalue weighted by atomic mass is 9.91. The summed E-state index contributed by atoms with van der Waals surface area (Å²) in [5, 5.41) is 0. The van der Waals surface area contributed by atoms with Crippen molar-refractivity contribution in [3.8, 4) is 0 Å². The molecule has 0 bridgehead atoms. The van der Waals surface area contributed by atoms with Gasteiger partial charge >= 0.3 is 5.97 Å². The molecular weight excluding hydrogens is 324 g/mol. The molecule has 0 aromatic heterocycles. The van der Waals surface area contributed by atoms with Crippen molar-refractivity contribution < 1.29 is 14.3 Å². The molecule has 0 saturated heterocycles. The van der Waals surface area contributed by atoms with Gasteiger partial charge in [0.15, 0.2) is 0 Å². The zero-order chi connectivity index (χ0) is 18.6. The Morgan fingerprint density at radius 1 is 0.962 bits per heavy atom. The van der Waals surface area contributed by atoms with Gasteiger partial charge in [-0.3, -0.25) is 0 Å². The molecule has 1 aliphatic rings. The van der Waals surface area contributed by atoms with Gasteiger partial charge in [-0.05, 0) is 42.7 Å². The number of hydrogen-bond donors (Lipinski definition) is 0. The molecule has 3 nitrogen and oxygen atoms in total. The van der Waals surface area contributed by atoms with Crippen LogP contribution < -0.4 is 0 Å². The molecule has 3 heteroatoms. The van der Waals surface area contributed by atoms with E-state index < -0.39 is 5.97 Å². The fraction of sp³-hybridized carbons (Fsp3) is 0.174. The third-order valence-electron chi connectivity index (χ3n) is 4.27. The van der Waals surface area contributed by atoms with E-state index in [1.165, 1.54) is 13.2 Å². The third kappa shape index (κ3) is 3.94. The molecule has 1 aliphatic heterocycles. The fourth-order valence-electron chi connectivity index (χ4n) is 2.88. The number of rotatable bonds is 4. The van der Waals surface area contributed by atoms with Crippen molar-refractivity contribution in [3.63, 3.8) is 0 Å². The second-order valence-corrected chi connectivity index (χ2v) is 6.69. The Morgan fingerprint density at radius 2 is 1.50 bits per heavy atom. The smallest absolute Gasteiger partial charge is 0.333 e. The lowest BCUT2D eigenvalue weighted by molar-refractivity contribution is -0.135. The van der Waals surface area contributed by atoms with Crippen LogP contribution in [0.3, 0.4) is 0 Å². The molecule has 0 saturated carbocycles. The highest BCUT2D eigenvalue weighted by molar-refractivity contribution is 5.83. The highest BCUT2D eigenvalue weighted by Crippen LogP contribution is 2.40. The summed E-state index contributed by atoms with van der Waals surface area (Å²) in [5.41, 5.74) is 2.89. The minimum Gasteiger partial charge on any atom is -0.466 e. The molecule has 0 radical (unpaired) electrons. The Kier molecular flexibility index (Phi) is 5.08. The van der Waals surface area contributed by atoms with Gasteiger partial charge in [0.2, 0.25) is 0 Å². The molecular formula is C23H22O3. The highest BCUT2D eigenvalue weighted by atomic mass is 16.5. The van der Waals surface area contributed by atoms with Crippen molar-refractivity contribution in [2.45, 2.75) is 13.8 Å². The summed E-state index contributed by atoms with van der Waals surface area (Å²) in [4.78, 5) is 11.6. The normalized spacial score (nSPS) is 16.6. The minimum atomic E-state index is -0.418. The van der Waals surface area contributed by atoms with Crippen LogP contribution in [0.15, 0.2) is 90.4 Å². The second kappa shape index (κ2) is 7.44. The first-order valence-electron chi connectivity index (χ1n) is 8.53. The van der Waals surface area contributed by atoms with Crippen LogP contribution in [0, 0.1) is 5.41 Å². The van der Waals surface area contributed by atoms with Gasteiger partial charge in [-0.1, -0.05) is 60.7 Å². The van der Waals surface area contributed by atoms with E-state index in [0.717, 1.165) is 16.7 Å². The van der Waals surface area contributed by atoms with E-state index in [4.69, 9.17) is 9.47 Å². The first-order valence-corrected chi connectivity index (χ1v) is 8.53. The quantitative estimate of drug-likeness (QED) is 0.570. The Morgan fingerprint density at radius 3 is 2.00 bits per heavy atom. The monoisotopic (exact) mass is 346 g/mol. The Hall–Kier alpha value is -3.07. The summed E-state index contributed by atoms with van der Waals surface area (Å²) in [7, 11) is 1.36. The van der Waals surface area contributed by atoms with Crippen LogP contribution in [0.2, 0.25) is 0 Å². The van der Waals surface area contributed by atoms with Gasteiger partial charge in [0.05, 0.1) is 13.2 Å². The number of ether oxygens (including phenoxy) is 2. The maximum absolute atomic E-state index is 11.6. The van der Waals surface area contributed by atoms with Gasteiger partial charge in [-0.25, -0.2) is 4.79 Å². The molecule has 0 fully saturated rings. The Bertz CT molecular complexity index is 831. The number of esters is 1. The van der Waals surface area contributed by atoms with Crippen LogP contribution in [0.4, 0.5) is 0 Å². The first-order chi connectivity index (χ1) is 12.5. The van der Waals surface area contributed by atoms with Crippen LogP contribution >= 0.6 is 0 Å². The fourth-order valence-corrected chi connectivity index (χ4v) is 2.88. The third-order valence-corrected chi connectivity index (χ3v) is 4.27. The van der Waals surface area contributed by atoms with Crippen molar-refractivity contribution in [1.29, 1.82) is 0 Å². The van der Waals surface area contributed by atoms with E-state index in [1.54, 1.807) is 0 Å². The van der Waals surface area contributed by atoms with Gasteiger partial charge < -0.3 is 9.47 Å². The SMILES string of the molecule is COC(=O)/C=C1\OC(C=C(c2ccccc2)c2ccccc2)=CC1(C)C.